The standard InChI is InChI=1S/C13H20BrN3O4/c1-3-6-21-7-4-5-15-10-8-16-17(9-11(18)20-2)13(19)12(10)14/h8,15H,3-7,9H2,1-2H3. The minimum Gasteiger partial charge on any atom is -0.468 e. The number of nitrogens with one attached hydrogen (secondary N) is 1. The number of hydrogen-bond donors (Lipinski definition) is 1. The van der Waals surface area contributed by atoms with Crippen LogP contribution in [0.25, 0.3) is 0 Å². The highest BCUT2D eigenvalue weighted by Gasteiger charge is 2.11. The first-order chi connectivity index (χ1) is 10.1. The molecule has 0 aromatic carbocycles. The summed E-state index contributed by atoms with van der Waals surface area (Å²) >= 11 is 3.22. The lowest BCUT2D eigenvalue weighted by molar-refractivity contribution is -0.141. The predicted octanol–water partition coefficient (Wildman–Crippen LogP) is 1.41. The molecule has 118 valence electrons. The van der Waals surface area contributed by atoms with Crippen LogP contribution in [0.15, 0.2) is 15.5 Å². The predicted molar refractivity (Wildman–Crippen MR) is 82.4 cm³/mol. The maximum Gasteiger partial charge on any atom is 0.327 e. The minimum atomic E-state index is -0.523. The number of ether oxygens (including phenoxy) is 2. The highest BCUT2D eigenvalue weighted by Crippen LogP contribution is 2.15. The number of halogens is 1. The fraction of sp³-hybridized carbons (Fsp3) is 0.615. The second kappa shape index (κ2) is 9.51. The number of anilines is 1. The normalized spacial score (nSPS) is 10.4. The minimum absolute atomic E-state index is 0.209. The lowest BCUT2D eigenvalue weighted by atomic mass is 10.4. The molecule has 0 fully saturated rings. The van der Waals surface area contributed by atoms with Gasteiger partial charge in [0, 0.05) is 19.8 Å². The van der Waals surface area contributed by atoms with Crippen molar-refractivity contribution in [2.24, 2.45) is 0 Å². The van der Waals surface area contributed by atoms with Crippen molar-refractivity contribution in [3.05, 3.63) is 21.0 Å². The molecule has 1 rings (SSSR count). The smallest absolute Gasteiger partial charge is 0.327 e. The molecule has 1 N–H and O–H groups in total. The van der Waals surface area contributed by atoms with Crippen molar-refractivity contribution < 1.29 is 14.3 Å². The van der Waals surface area contributed by atoms with E-state index in [1.54, 1.807) is 0 Å². The molecule has 1 heterocycles. The molecular formula is C13H20BrN3O4. The Morgan fingerprint density at radius 3 is 2.90 bits per heavy atom. The van der Waals surface area contributed by atoms with Crippen LogP contribution in [0.4, 0.5) is 5.69 Å². The second-order valence-electron chi connectivity index (χ2n) is 4.30. The van der Waals surface area contributed by atoms with E-state index in [9.17, 15) is 9.59 Å². The van der Waals surface area contributed by atoms with Crippen molar-refractivity contribution in [3.63, 3.8) is 0 Å². The Kier molecular flexibility index (Phi) is 7.99. The molecule has 0 aliphatic heterocycles. The monoisotopic (exact) mass is 361 g/mol. The van der Waals surface area contributed by atoms with Crippen LogP contribution in [-0.4, -0.2) is 42.6 Å². The van der Waals surface area contributed by atoms with E-state index in [0.717, 1.165) is 24.1 Å². The van der Waals surface area contributed by atoms with E-state index in [0.29, 0.717) is 23.3 Å². The fourth-order valence-corrected chi connectivity index (χ4v) is 1.98. The van der Waals surface area contributed by atoms with E-state index in [1.165, 1.54) is 13.3 Å². The maximum atomic E-state index is 12.0. The molecule has 8 heteroatoms. The topological polar surface area (TPSA) is 82.4 Å². The van der Waals surface area contributed by atoms with Crippen molar-refractivity contribution in [1.82, 2.24) is 9.78 Å². The Morgan fingerprint density at radius 1 is 1.48 bits per heavy atom. The number of nitrogens with zero attached hydrogens (tertiary/aromatic N) is 2. The van der Waals surface area contributed by atoms with Crippen LogP contribution < -0.4 is 10.9 Å². The third kappa shape index (κ3) is 5.84. The largest absolute Gasteiger partial charge is 0.468 e. The number of aromatic nitrogens is 2. The van der Waals surface area contributed by atoms with Gasteiger partial charge in [-0.1, -0.05) is 6.92 Å². The lowest BCUT2D eigenvalue weighted by Crippen LogP contribution is -2.28. The molecule has 0 unspecified atom stereocenters. The quantitative estimate of drug-likeness (QED) is 0.528. The first kappa shape index (κ1) is 17.6. The van der Waals surface area contributed by atoms with Gasteiger partial charge in [-0.15, -0.1) is 0 Å². The summed E-state index contributed by atoms with van der Waals surface area (Å²) in [6, 6.07) is 0. The second-order valence-corrected chi connectivity index (χ2v) is 5.10. The zero-order valence-electron chi connectivity index (χ0n) is 12.2. The molecule has 0 amide bonds. The van der Waals surface area contributed by atoms with Gasteiger partial charge in [0.25, 0.3) is 5.56 Å². The first-order valence-electron chi connectivity index (χ1n) is 6.74. The Hall–Kier alpha value is -1.41. The summed E-state index contributed by atoms with van der Waals surface area (Å²) in [6.07, 6.45) is 3.33. The van der Waals surface area contributed by atoms with E-state index in [1.807, 2.05) is 0 Å². The van der Waals surface area contributed by atoms with Gasteiger partial charge in [0.05, 0.1) is 19.0 Å². The Labute approximate surface area is 131 Å². The molecule has 21 heavy (non-hydrogen) atoms. The number of rotatable bonds is 9. The average molecular weight is 362 g/mol. The van der Waals surface area contributed by atoms with Crippen LogP contribution in [0.1, 0.15) is 19.8 Å². The molecule has 0 saturated heterocycles. The van der Waals surface area contributed by atoms with Crippen molar-refractivity contribution in [2.45, 2.75) is 26.3 Å². The van der Waals surface area contributed by atoms with Crippen LogP contribution in [0.5, 0.6) is 0 Å². The first-order valence-corrected chi connectivity index (χ1v) is 7.53. The molecule has 1 aromatic rings. The Morgan fingerprint density at radius 2 is 2.24 bits per heavy atom. The van der Waals surface area contributed by atoms with Gasteiger partial charge in [-0.25, -0.2) is 4.68 Å². The molecule has 7 nitrogen and oxygen atoms in total. The number of carbonyl (C=O) groups excluding carboxylic acids is 1. The Balaban J connectivity index is 2.55. The summed E-state index contributed by atoms with van der Waals surface area (Å²) in [5, 5.41) is 7.04. The van der Waals surface area contributed by atoms with Crippen LogP contribution in [-0.2, 0) is 20.8 Å². The van der Waals surface area contributed by atoms with Gasteiger partial charge in [-0.05, 0) is 28.8 Å². The molecule has 0 atom stereocenters. The van der Waals surface area contributed by atoms with Gasteiger partial charge in [0.15, 0.2) is 0 Å². The molecule has 0 radical (unpaired) electrons. The van der Waals surface area contributed by atoms with E-state index in [4.69, 9.17) is 4.74 Å². The maximum absolute atomic E-state index is 12.0. The molecule has 0 bridgehead atoms. The van der Waals surface area contributed by atoms with Gasteiger partial charge in [-0.2, -0.15) is 5.10 Å². The van der Waals surface area contributed by atoms with Crippen molar-refractivity contribution >= 4 is 27.6 Å². The van der Waals surface area contributed by atoms with E-state index in [-0.39, 0.29) is 12.1 Å². The Bertz CT molecular complexity index is 519. The van der Waals surface area contributed by atoms with Crippen LogP contribution in [0, 0.1) is 0 Å². The van der Waals surface area contributed by atoms with Crippen LogP contribution >= 0.6 is 15.9 Å². The van der Waals surface area contributed by atoms with Crippen molar-refractivity contribution in [2.75, 3.05) is 32.2 Å². The molecule has 0 aliphatic rings. The summed E-state index contributed by atoms with van der Waals surface area (Å²) in [4.78, 5) is 23.2. The van der Waals surface area contributed by atoms with Crippen molar-refractivity contribution in [1.29, 1.82) is 0 Å². The molecular weight excluding hydrogens is 342 g/mol. The summed E-state index contributed by atoms with van der Waals surface area (Å²) in [7, 11) is 1.26. The van der Waals surface area contributed by atoms with Crippen LogP contribution in [0.2, 0.25) is 0 Å². The third-order valence-electron chi connectivity index (χ3n) is 2.62. The summed E-state index contributed by atoms with van der Waals surface area (Å²) in [5.41, 5.74) is 0.212. The summed E-state index contributed by atoms with van der Waals surface area (Å²) in [6.45, 7) is 3.95. The number of hydrogen-bond acceptors (Lipinski definition) is 6. The van der Waals surface area contributed by atoms with Crippen molar-refractivity contribution in [3.8, 4) is 0 Å². The van der Waals surface area contributed by atoms with Gasteiger partial charge in [0.1, 0.15) is 11.0 Å². The highest BCUT2D eigenvalue weighted by molar-refractivity contribution is 9.10. The van der Waals surface area contributed by atoms with Gasteiger partial charge < -0.3 is 14.8 Å². The van der Waals surface area contributed by atoms with E-state index >= 15 is 0 Å². The summed E-state index contributed by atoms with van der Waals surface area (Å²) < 4.78 is 11.3. The fourth-order valence-electron chi connectivity index (χ4n) is 1.53. The van der Waals surface area contributed by atoms with E-state index < -0.39 is 5.97 Å². The highest BCUT2D eigenvalue weighted by atomic mass is 79.9. The van der Waals surface area contributed by atoms with Crippen LogP contribution in [0.3, 0.4) is 0 Å². The average Bonchev–Trinajstić information content (AvgIpc) is 2.49. The summed E-state index contributed by atoms with van der Waals surface area (Å²) in [5.74, 6) is -0.523. The number of carbonyl (C=O) groups is 1. The SMILES string of the molecule is CCCOCCCNc1cnn(CC(=O)OC)c(=O)c1Br. The van der Waals surface area contributed by atoms with Gasteiger partial charge >= 0.3 is 5.97 Å². The molecule has 0 spiro atoms. The number of esters is 1. The molecule has 0 saturated carbocycles. The van der Waals surface area contributed by atoms with Gasteiger partial charge in [0.2, 0.25) is 0 Å². The number of methoxy groups -OCH3 is 1. The lowest BCUT2D eigenvalue weighted by Gasteiger charge is -2.10. The van der Waals surface area contributed by atoms with E-state index in [2.05, 4.69) is 38.0 Å². The van der Waals surface area contributed by atoms with Gasteiger partial charge in [-0.3, -0.25) is 9.59 Å². The zero-order valence-corrected chi connectivity index (χ0v) is 13.8. The molecule has 0 aliphatic carbocycles. The third-order valence-corrected chi connectivity index (χ3v) is 3.39. The zero-order chi connectivity index (χ0) is 15.7. The molecule has 1 aromatic heterocycles.